The van der Waals surface area contributed by atoms with E-state index in [0.717, 1.165) is 0 Å². The molecule has 3 aromatic heterocycles. The van der Waals surface area contributed by atoms with E-state index in [4.69, 9.17) is 0 Å². The van der Waals surface area contributed by atoms with Crippen molar-refractivity contribution in [2.24, 2.45) is 0 Å². The number of hydrogen-bond donors (Lipinski definition) is 0. The van der Waals surface area contributed by atoms with E-state index in [1.807, 2.05) is 22.7 Å². The molecule has 0 N–H and O–H groups in total. The zero-order valence-corrected chi connectivity index (χ0v) is 22.5. The Kier molecular flexibility index (Phi) is 4.43. The van der Waals surface area contributed by atoms with Crippen molar-refractivity contribution in [2.45, 2.75) is 0 Å². The standard InChI is InChI=1S/C36H21NS2/c1-4-14-29-24(9-1)25-10-2-5-15-30(25)37(29)31-16-8-18-34-35(31)28-21-22(19-20-33(28)38-34)23-12-7-13-27-26-11-3-6-17-32(26)39-36(23)27/h1-21H. The minimum Gasteiger partial charge on any atom is -0.309 e. The lowest BCUT2D eigenvalue weighted by Gasteiger charge is -2.11. The number of aromatic nitrogens is 1. The molecule has 0 saturated heterocycles. The molecule has 182 valence electrons. The van der Waals surface area contributed by atoms with Crippen molar-refractivity contribution in [1.29, 1.82) is 0 Å². The lowest BCUT2D eigenvalue weighted by atomic mass is 10.0. The monoisotopic (exact) mass is 531 g/mol. The van der Waals surface area contributed by atoms with Crippen LogP contribution >= 0.6 is 22.7 Å². The van der Waals surface area contributed by atoms with Gasteiger partial charge in [0.05, 0.1) is 16.7 Å². The predicted octanol–water partition coefficient (Wildman–Crippen LogP) is 11.2. The molecule has 0 fully saturated rings. The molecular formula is C36H21NS2. The van der Waals surface area contributed by atoms with E-state index < -0.39 is 0 Å². The molecule has 0 aliphatic heterocycles. The molecule has 0 amide bonds. The van der Waals surface area contributed by atoms with Crippen LogP contribution in [0.15, 0.2) is 127 Å². The van der Waals surface area contributed by atoms with Gasteiger partial charge in [0.1, 0.15) is 0 Å². The predicted molar refractivity (Wildman–Crippen MR) is 172 cm³/mol. The molecule has 3 heterocycles. The Hall–Kier alpha value is -4.44. The smallest absolute Gasteiger partial charge is 0.0555 e. The first-order valence-corrected chi connectivity index (χ1v) is 14.8. The van der Waals surface area contributed by atoms with E-state index in [-0.39, 0.29) is 0 Å². The zero-order valence-electron chi connectivity index (χ0n) is 20.9. The Bertz CT molecular complexity index is 2350. The number of fused-ring (bicyclic) bond motifs is 9. The van der Waals surface area contributed by atoms with Gasteiger partial charge in [-0.1, -0.05) is 84.9 Å². The van der Waals surface area contributed by atoms with Gasteiger partial charge in [-0.2, -0.15) is 0 Å². The summed E-state index contributed by atoms with van der Waals surface area (Å²) in [5.41, 5.74) is 6.32. The van der Waals surface area contributed by atoms with E-state index in [0.29, 0.717) is 0 Å². The maximum atomic E-state index is 2.46. The minimum absolute atomic E-state index is 1.24. The van der Waals surface area contributed by atoms with Crippen LogP contribution in [0.25, 0.3) is 79.0 Å². The molecule has 0 unspecified atom stereocenters. The fraction of sp³-hybridized carbons (Fsp3) is 0. The number of hydrogen-bond acceptors (Lipinski definition) is 2. The molecule has 3 heteroatoms. The first-order chi connectivity index (χ1) is 19.3. The van der Waals surface area contributed by atoms with E-state index in [1.54, 1.807) is 0 Å². The van der Waals surface area contributed by atoms with Crippen LogP contribution < -0.4 is 0 Å². The fourth-order valence-corrected chi connectivity index (χ4v) is 8.66. The summed E-state index contributed by atoms with van der Waals surface area (Å²) in [4.78, 5) is 0. The van der Waals surface area contributed by atoms with Crippen molar-refractivity contribution in [3.05, 3.63) is 127 Å². The van der Waals surface area contributed by atoms with Gasteiger partial charge in [0.15, 0.2) is 0 Å². The second kappa shape index (κ2) is 8.03. The molecule has 9 rings (SSSR count). The van der Waals surface area contributed by atoms with Gasteiger partial charge in [-0.05, 0) is 53.6 Å². The summed E-state index contributed by atoms with van der Waals surface area (Å²) in [6.45, 7) is 0. The molecule has 0 radical (unpaired) electrons. The zero-order chi connectivity index (χ0) is 25.5. The second-order valence-electron chi connectivity index (χ2n) is 10.1. The van der Waals surface area contributed by atoms with Crippen molar-refractivity contribution < 1.29 is 0 Å². The maximum Gasteiger partial charge on any atom is 0.0555 e. The Labute approximate surface area is 232 Å². The normalized spacial score (nSPS) is 12.1. The summed E-state index contributed by atoms with van der Waals surface area (Å²) in [5, 5.41) is 7.92. The lowest BCUT2D eigenvalue weighted by molar-refractivity contribution is 1.20. The van der Waals surface area contributed by atoms with Crippen molar-refractivity contribution in [2.75, 3.05) is 0 Å². The van der Waals surface area contributed by atoms with Gasteiger partial charge in [-0.15, -0.1) is 22.7 Å². The molecular weight excluding hydrogens is 511 g/mol. The molecule has 6 aromatic carbocycles. The van der Waals surface area contributed by atoms with Gasteiger partial charge in [0, 0.05) is 51.1 Å². The Morgan fingerprint density at radius 1 is 0.436 bits per heavy atom. The van der Waals surface area contributed by atoms with Gasteiger partial charge in [0.2, 0.25) is 0 Å². The number of thiophene rings is 2. The fourth-order valence-electron chi connectivity index (χ4n) is 6.32. The molecule has 0 aliphatic rings. The molecule has 0 saturated carbocycles. The van der Waals surface area contributed by atoms with E-state index in [2.05, 4.69) is 132 Å². The van der Waals surface area contributed by atoms with Crippen LogP contribution in [0.1, 0.15) is 0 Å². The Balaban J connectivity index is 1.36. The quantitative estimate of drug-likeness (QED) is 0.209. The Morgan fingerprint density at radius 2 is 1.08 bits per heavy atom. The third-order valence-corrected chi connectivity index (χ3v) is 10.4. The number of para-hydroxylation sites is 2. The van der Waals surface area contributed by atoms with Crippen LogP contribution in [0.5, 0.6) is 0 Å². The summed E-state index contributed by atoms with van der Waals surface area (Å²) in [7, 11) is 0. The van der Waals surface area contributed by atoms with Gasteiger partial charge in [-0.3, -0.25) is 0 Å². The highest BCUT2D eigenvalue weighted by atomic mass is 32.1. The second-order valence-corrected chi connectivity index (χ2v) is 12.2. The van der Waals surface area contributed by atoms with Crippen LogP contribution in [0, 0.1) is 0 Å². The van der Waals surface area contributed by atoms with Gasteiger partial charge >= 0.3 is 0 Å². The molecule has 0 spiro atoms. The molecule has 39 heavy (non-hydrogen) atoms. The first-order valence-electron chi connectivity index (χ1n) is 13.2. The van der Waals surface area contributed by atoms with Crippen molar-refractivity contribution in [3.63, 3.8) is 0 Å². The van der Waals surface area contributed by atoms with E-state index in [9.17, 15) is 0 Å². The van der Waals surface area contributed by atoms with Gasteiger partial charge in [-0.25, -0.2) is 0 Å². The van der Waals surface area contributed by atoms with Gasteiger partial charge in [0.25, 0.3) is 0 Å². The highest BCUT2D eigenvalue weighted by Gasteiger charge is 2.17. The minimum atomic E-state index is 1.24. The summed E-state index contributed by atoms with van der Waals surface area (Å²) < 4.78 is 7.81. The topological polar surface area (TPSA) is 4.93 Å². The van der Waals surface area contributed by atoms with E-state index in [1.165, 1.54) is 79.0 Å². The first kappa shape index (κ1) is 21.5. The van der Waals surface area contributed by atoms with Crippen LogP contribution in [0.4, 0.5) is 0 Å². The van der Waals surface area contributed by atoms with Crippen molar-refractivity contribution in [1.82, 2.24) is 4.57 Å². The van der Waals surface area contributed by atoms with Crippen LogP contribution in [0.2, 0.25) is 0 Å². The number of nitrogens with zero attached hydrogens (tertiary/aromatic N) is 1. The van der Waals surface area contributed by atoms with Crippen molar-refractivity contribution in [3.8, 4) is 16.8 Å². The SMILES string of the molecule is c1ccc2c(c1)sc1c(-c3ccc4sc5cccc(-n6c7ccccc7c7ccccc76)c5c4c3)cccc12. The summed E-state index contributed by atoms with van der Waals surface area (Å²) in [5.74, 6) is 0. The maximum absolute atomic E-state index is 2.46. The van der Waals surface area contributed by atoms with Crippen LogP contribution in [-0.4, -0.2) is 4.57 Å². The Morgan fingerprint density at radius 3 is 1.90 bits per heavy atom. The van der Waals surface area contributed by atoms with Crippen molar-refractivity contribution >= 4 is 84.8 Å². The molecule has 9 aromatic rings. The molecule has 0 aliphatic carbocycles. The summed E-state index contributed by atoms with van der Waals surface area (Å²) >= 11 is 3.78. The lowest BCUT2D eigenvalue weighted by Crippen LogP contribution is -1.94. The highest BCUT2D eigenvalue weighted by molar-refractivity contribution is 7.26. The molecule has 0 atom stereocenters. The summed E-state index contributed by atoms with van der Waals surface area (Å²) in [6.07, 6.45) is 0. The summed E-state index contributed by atoms with van der Waals surface area (Å²) in [6, 6.07) is 46.8. The van der Waals surface area contributed by atoms with Crippen LogP contribution in [0.3, 0.4) is 0 Å². The number of benzene rings is 6. The van der Waals surface area contributed by atoms with Gasteiger partial charge < -0.3 is 4.57 Å². The average Bonchev–Trinajstić information content (AvgIpc) is 3.66. The van der Waals surface area contributed by atoms with Crippen LogP contribution in [-0.2, 0) is 0 Å². The van der Waals surface area contributed by atoms with E-state index >= 15 is 0 Å². The highest BCUT2D eigenvalue weighted by Crippen LogP contribution is 2.44. The molecule has 0 bridgehead atoms. The third-order valence-electron chi connectivity index (χ3n) is 8.01. The number of rotatable bonds is 2. The average molecular weight is 532 g/mol. The largest absolute Gasteiger partial charge is 0.309 e. The molecule has 1 nitrogen and oxygen atoms in total. The third kappa shape index (κ3) is 3.00.